The van der Waals surface area contributed by atoms with Crippen molar-refractivity contribution in [1.82, 2.24) is 15.3 Å². The summed E-state index contributed by atoms with van der Waals surface area (Å²) in [6.07, 6.45) is 6.47. The third-order valence-corrected chi connectivity index (χ3v) is 7.71. The molecule has 3 aromatic rings. The highest BCUT2D eigenvalue weighted by molar-refractivity contribution is 7.90. The van der Waals surface area contributed by atoms with Crippen LogP contribution in [0.3, 0.4) is 0 Å². The van der Waals surface area contributed by atoms with Crippen molar-refractivity contribution in [3.8, 4) is 0 Å². The van der Waals surface area contributed by atoms with E-state index in [9.17, 15) is 26.4 Å². The average molecular weight is 606 g/mol. The van der Waals surface area contributed by atoms with Crippen LogP contribution in [0.2, 0.25) is 0 Å². The molecule has 1 aromatic heterocycles. The SMILES string of the molecule is CCCCCCCCCCNC(=O)c1ccc(Nc2ncc(C(F)(F)F)c(NCc3cccc(S(C)(=O)=O)c3)n2)cc1. The molecule has 12 heteroatoms. The zero-order valence-corrected chi connectivity index (χ0v) is 24.7. The van der Waals surface area contributed by atoms with Crippen molar-refractivity contribution < 1.29 is 26.4 Å². The van der Waals surface area contributed by atoms with E-state index in [0.29, 0.717) is 29.6 Å². The molecule has 3 N–H and O–H groups in total. The first-order chi connectivity index (χ1) is 20.0. The van der Waals surface area contributed by atoms with Crippen molar-refractivity contribution >= 4 is 33.2 Å². The summed E-state index contributed by atoms with van der Waals surface area (Å²) in [5, 5.41) is 8.42. The van der Waals surface area contributed by atoms with Crippen LogP contribution in [-0.4, -0.2) is 37.1 Å². The van der Waals surface area contributed by atoms with Gasteiger partial charge < -0.3 is 16.0 Å². The smallest absolute Gasteiger partial charge is 0.365 e. The molecule has 0 aliphatic heterocycles. The third-order valence-electron chi connectivity index (χ3n) is 6.60. The molecule has 3 rings (SSSR count). The summed E-state index contributed by atoms with van der Waals surface area (Å²) >= 11 is 0. The second-order valence-corrected chi connectivity index (χ2v) is 12.2. The largest absolute Gasteiger partial charge is 0.421 e. The zero-order chi connectivity index (χ0) is 30.6. The summed E-state index contributed by atoms with van der Waals surface area (Å²) in [7, 11) is -3.47. The quantitative estimate of drug-likeness (QED) is 0.149. The summed E-state index contributed by atoms with van der Waals surface area (Å²) in [5.74, 6) is -0.731. The number of amides is 1. The van der Waals surface area contributed by atoms with E-state index in [-0.39, 0.29) is 23.3 Å². The van der Waals surface area contributed by atoms with Crippen molar-refractivity contribution in [2.45, 2.75) is 75.9 Å². The van der Waals surface area contributed by atoms with Crippen LogP contribution in [0.25, 0.3) is 0 Å². The minimum absolute atomic E-state index is 0.0631. The molecule has 42 heavy (non-hydrogen) atoms. The molecule has 8 nitrogen and oxygen atoms in total. The van der Waals surface area contributed by atoms with E-state index < -0.39 is 27.4 Å². The molecule has 1 amide bonds. The van der Waals surface area contributed by atoms with Gasteiger partial charge in [0.1, 0.15) is 11.4 Å². The second-order valence-electron chi connectivity index (χ2n) is 10.2. The van der Waals surface area contributed by atoms with Crippen LogP contribution in [0, 0.1) is 0 Å². The fraction of sp³-hybridized carbons (Fsp3) is 0.433. The van der Waals surface area contributed by atoms with Crippen LogP contribution in [0.1, 0.15) is 79.8 Å². The lowest BCUT2D eigenvalue weighted by molar-refractivity contribution is -0.137. The number of alkyl halides is 3. The van der Waals surface area contributed by atoms with Crippen molar-refractivity contribution in [3.05, 3.63) is 71.4 Å². The number of sulfone groups is 1. The monoisotopic (exact) mass is 605 g/mol. The van der Waals surface area contributed by atoms with Crippen LogP contribution in [0.15, 0.2) is 59.6 Å². The summed E-state index contributed by atoms with van der Waals surface area (Å²) in [4.78, 5) is 20.3. The van der Waals surface area contributed by atoms with Gasteiger partial charge in [0.05, 0.1) is 4.90 Å². The first-order valence-corrected chi connectivity index (χ1v) is 16.0. The molecule has 0 atom stereocenters. The number of carbonyl (C=O) groups is 1. The summed E-state index contributed by atoms with van der Waals surface area (Å²) in [6, 6.07) is 12.4. The second kappa shape index (κ2) is 15.5. The molecule has 0 saturated carbocycles. The zero-order valence-electron chi connectivity index (χ0n) is 23.9. The molecule has 0 saturated heterocycles. The average Bonchev–Trinajstić information content (AvgIpc) is 2.94. The number of rotatable bonds is 16. The van der Waals surface area contributed by atoms with Crippen molar-refractivity contribution in [2.75, 3.05) is 23.4 Å². The van der Waals surface area contributed by atoms with Crippen LogP contribution < -0.4 is 16.0 Å². The number of nitrogens with zero attached hydrogens (tertiary/aromatic N) is 2. The van der Waals surface area contributed by atoms with Gasteiger partial charge in [0.25, 0.3) is 5.91 Å². The maximum atomic E-state index is 13.6. The van der Waals surface area contributed by atoms with Gasteiger partial charge in [-0.05, 0) is 48.4 Å². The molecular weight excluding hydrogens is 567 g/mol. The Morgan fingerprint density at radius 1 is 0.929 bits per heavy atom. The highest BCUT2D eigenvalue weighted by Gasteiger charge is 2.35. The number of hydrogen-bond acceptors (Lipinski definition) is 7. The Labute approximate surface area is 245 Å². The lowest BCUT2D eigenvalue weighted by Crippen LogP contribution is -2.24. The molecule has 0 fully saturated rings. The minimum atomic E-state index is -4.71. The first kappa shape index (κ1) is 32.8. The summed E-state index contributed by atoms with van der Waals surface area (Å²) in [6.45, 7) is 2.71. The van der Waals surface area contributed by atoms with Crippen LogP contribution in [0.4, 0.5) is 30.6 Å². The predicted molar refractivity (Wildman–Crippen MR) is 159 cm³/mol. The highest BCUT2D eigenvalue weighted by atomic mass is 32.2. The van der Waals surface area contributed by atoms with Crippen LogP contribution >= 0.6 is 0 Å². The van der Waals surface area contributed by atoms with Gasteiger partial charge in [0.15, 0.2) is 9.84 Å². The maximum absolute atomic E-state index is 13.6. The Kier molecular flexibility index (Phi) is 12.1. The molecule has 0 aliphatic carbocycles. The lowest BCUT2D eigenvalue weighted by Gasteiger charge is -2.15. The molecule has 0 aliphatic rings. The Balaban J connectivity index is 1.57. The van der Waals surface area contributed by atoms with E-state index in [1.807, 2.05) is 0 Å². The molecule has 0 spiro atoms. The number of nitrogens with one attached hydrogen (secondary N) is 3. The maximum Gasteiger partial charge on any atom is 0.421 e. The number of benzene rings is 2. The highest BCUT2D eigenvalue weighted by Crippen LogP contribution is 2.34. The number of halogens is 3. The van der Waals surface area contributed by atoms with E-state index in [4.69, 9.17) is 0 Å². The Hall–Kier alpha value is -3.67. The van der Waals surface area contributed by atoms with Gasteiger partial charge in [0.2, 0.25) is 5.95 Å². The first-order valence-electron chi connectivity index (χ1n) is 14.1. The fourth-order valence-electron chi connectivity index (χ4n) is 4.25. The number of anilines is 3. The van der Waals surface area contributed by atoms with Gasteiger partial charge in [-0.1, -0.05) is 64.0 Å². The van der Waals surface area contributed by atoms with E-state index in [1.54, 1.807) is 30.3 Å². The summed E-state index contributed by atoms with van der Waals surface area (Å²) in [5.41, 5.74) is 0.361. The molecule has 0 unspecified atom stereocenters. The van der Waals surface area contributed by atoms with Crippen molar-refractivity contribution in [3.63, 3.8) is 0 Å². The molecule has 228 valence electrons. The molecule has 0 radical (unpaired) electrons. The van der Waals surface area contributed by atoms with Gasteiger partial charge in [-0.3, -0.25) is 4.79 Å². The third kappa shape index (κ3) is 10.6. The number of carbonyl (C=O) groups excluding carboxylic acids is 1. The molecular formula is C30H38F3N5O3S. The van der Waals surface area contributed by atoms with E-state index in [2.05, 4.69) is 32.8 Å². The van der Waals surface area contributed by atoms with Crippen molar-refractivity contribution in [1.29, 1.82) is 0 Å². The number of hydrogen-bond donors (Lipinski definition) is 3. The topological polar surface area (TPSA) is 113 Å². The van der Waals surface area contributed by atoms with E-state index in [0.717, 1.165) is 19.1 Å². The van der Waals surface area contributed by atoms with Gasteiger partial charge in [-0.25, -0.2) is 13.4 Å². The van der Waals surface area contributed by atoms with Gasteiger partial charge in [-0.2, -0.15) is 18.2 Å². The fourth-order valence-corrected chi connectivity index (χ4v) is 4.94. The summed E-state index contributed by atoms with van der Waals surface area (Å²) < 4.78 is 64.5. The van der Waals surface area contributed by atoms with Gasteiger partial charge in [0, 0.05) is 36.8 Å². The van der Waals surface area contributed by atoms with Gasteiger partial charge in [-0.15, -0.1) is 0 Å². The van der Waals surface area contributed by atoms with Gasteiger partial charge >= 0.3 is 6.18 Å². The van der Waals surface area contributed by atoms with Crippen LogP contribution in [-0.2, 0) is 22.6 Å². The Morgan fingerprint density at radius 3 is 2.24 bits per heavy atom. The number of unbranched alkanes of at least 4 members (excludes halogenated alkanes) is 7. The number of aromatic nitrogens is 2. The Morgan fingerprint density at radius 2 is 1.60 bits per heavy atom. The normalized spacial score (nSPS) is 11.7. The molecule has 0 bridgehead atoms. The Bertz CT molecular complexity index is 1410. The van der Waals surface area contributed by atoms with E-state index in [1.165, 1.54) is 56.7 Å². The van der Waals surface area contributed by atoms with Crippen LogP contribution in [0.5, 0.6) is 0 Å². The minimum Gasteiger partial charge on any atom is -0.365 e. The standard InChI is InChI=1S/C30H38F3N5O3S/c1-3-4-5-6-7-8-9-10-18-34-28(39)23-14-16-24(17-15-23)37-29-36-21-26(30(31,32)33)27(38-29)35-20-22-12-11-13-25(19-22)42(2,40)41/h11-17,19,21H,3-10,18,20H2,1-2H3,(H,34,39)(H2,35,36,37,38). The molecule has 1 heterocycles. The van der Waals surface area contributed by atoms with Crippen molar-refractivity contribution in [2.24, 2.45) is 0 Å². The lowest BCUT2D eigenvalue weighted by atomic mass is 10.1. The molecule has 2 aromatic carbocycles. The van der Waals surface area contributed by atoms with E-state index >= 15 is 0 Å². The predicted octanol–water partition coefficient (Wildman–Crippen LogP) is 7.13.